The molecule has 4 aromatic carbocycles. The van der Waals surface area contributed by atoms with Crippen molar-refractivity contribution in [1.29, 1.82) is 0 Å². The molecule has 0 bridgehead atoms. The topological polar surface area (TPSA) is 476 Å². The molecule has 0 radical (unpaired) electrons. The molecule has 4 fully saturated rings. The van der Waals surface area contributed by atoms with E-state index in [0.29, 0.717) is 119 Å². The van der Waals surface area contributed by atoms with Crippen LogP contribution in [-0.4, -0.2) is 224 Å². The van der Waals surface area contributed by atoms with Crippen LogP contribution in [0.3, 0.4) is 0 Å². The number of hydrogen-bond acceptors (Lipinski definition) is 30. The maximum Gasteiger partial charge on any atom is 0.407 e. The lowest BCUT2D eigenvalue weighted by Crippen LogP contribution is -2.47. The lowest BCUT2D eigenvalue weighted by Gasteiger charge is -2.43. The molecule has 35 heteroatoms. The fourth-order valence-corrected chi connectivity index (χ4v) is 16.6. The van der Waals surface area contributed by atoms with Crippen molar-refractivity contribution in [3.05, 3.63) is 144 Å². The van der Waals surface area contributed by atoms with Crippen LogP contribution < -0.4 is 32.7 Å². The van der Waals surface area contributed by atoms with Gasteiger partial charge in [-0.3, -0.25) is 43.2 Å². The highest BCUT2D eigenvalue weighted by Gasteiger charge is 2.44. The van der Waals surface area contributed by atoms with Gasteiger partial charge in [-0.1, -0.05) is 276 Å². The second-order valence-electron chi connectivity index (χ2n) is 39.3. The predicted molar refractivity (Wildman–Crippen MR) is 573 cm³/mol. The number of benzene rings is 4. The van der Waals surface area contributed by atoms with Crippen molar-refractivity contribution < 1.29 is 139 Å². The normalized spacial score (nSPS) is 22.8. The van der Waals surface area contributed by atoms with Gasteiger partial charge in [0.1, 0.15) is 52.9 Å². The van der Waals surface area contributed by atoms with E-state index in [1.54, 1.807) is 0 Å². The van der Waals surface area contributed by atoms with Crippen molar-refractivity contribution >= 4 is 65.8 Å². The molecule has 0 spiro atoms. The average Bonchev–Trinajstić information content (AvgIpc) is 0.828. The average molecular weight is 2120 g/mol. The number of carboxylic acids is 1. The van der Waals surface area contributed by atoms with E-state index in [9.17, 15) is 52.7 Å². The van der Waals surface area contributed by atoms with Gasteiger partial charge in [0, 0.05) is 117 Å². The van der Waals surface area contributed by atoms with E-state index in [1.165, 1.54) is 27.7 Å². The quantitative estimate of drug-likeness (QED) is 0.0116. The third-order valence-corrected chi connectivity index (χ3v) is 27.6. The van der Waals surface area contributed by atoms with E-state index in [1.807, 2.05) is 121 Å². The Morgan fingerprint density at radius 3 is 0.793 bits per heavy atom. The van der Waals surface area contributed by atoms with E-state index < -0.39 is 11.9 Å². The number of ether oxygens (including phenoxy) is 16. The second kappa shape index (κ2) is 83.7. The Bertz CT molecular complexity index is 4230. The van der Waals surface area contributed by atoms with E-state index in [4.69, 9.17) is 97.5 Å². The smallest absolute Gasteiger partial charge is 0.407 e. The van der Waals surface area contributed by atoms with Crippen molar-refractivity contribution in [3.8, 4) is 0 Å². The first-order valence-electron chi connectivity index (χ1n) is 54.2. The largest absolute Gasteiger partial charge is 0.481 e. The zero-order valence-corrected chi connectivity index (χ0v) is 92.1. The number of aliphatic hydroxyl groups excluding tert-OH is 1. The summed E-state index contributed by atoms with van der Waals surface area (Å²) in [5, 5.41) is 28.1. The molecule has 0 saturated carbocycles. The minimum absolute atomic E-state index is 0. The molecule has 4 aromatic rings. The number of carbonyl (C=O) groups is 11. The van der Waals surface area contributed by atoms with Crippen LogP contribution in [0.4, 0.5) is 9.59 Å². The standard InChI is InChI=1S/C28H43NO7.C25H39NO6.C19H36N2O5.C17H33NO4.C14H21NO3.C11H12O4.CH4/c1-20-21(2)25(19-34-23(4)30)36-28(22(20)3)33-17-11-6-5-10-16-29-26(31)14-15-27(32)35-18-24-12-8-7-9-13-24;1-18-19(2)23(17-30-21(4)27)32-24(20(18)3)29-15-11-6-5-10-14-26-25(28)31-16-22-12-8-7-9-13-22;1-13-14(2)17(12-25-16(4)22)26-19(15(13)3)24-10-8-6-5-7-9-21-18(23)11-20;1-12-13(2)16(11-21-15(4)19)22-17(14(12)3)20-10-8-6-5-7-9-18;16-11-7-2-1-6-10-15-14(17)18-12-13-8-4-3-5-9-13;12-10(13)6-7-11(14)15-8-9-4-2-1-3-5-9;/h7-9,12-13,20-22,25,28H,5-6,10-11,14-19H2,1-4H3,(H,29,31);7-9,12-13,18-20,23-24H,5-6,10-11,14-17H2,1-4H3,(H,26,28);13-15,17,19H,5-12,20H2,1-4H3,(H,21,23);12-14,16-17H,5-11,18H2,1-4H3;3-5,8-9,16H,1-2,6-7,10-12H2,(H,15,17);1-5H,6-8H2,(H,12,13);1H4/t20-,21+,22?,25?,28+;18-,19+,20?,23?,24+;13-,14+,15?,17?,19+;12-,13+,14?,16?,17+;;;/m0000.../s1. The first kappa shape index (κ1) is 136. The molecule has 852 valence electrons. The Kier molecular flexibility index (Phi) is 76.1. The summed E-state index contributed by atoms with van der Waals surface area (Å²) in [7, 11) is 0. The Balaban J connectivity index is 0.000000621. The first-order valence-corrected chi connectivity index (χ1v) is 54.2. The number of nitrogens with one attached hydrogen (secondary N) is 4. The third-order valence-electron chi connectivity index (χ3n) is 27.6. The molecule has 4 saturated heterocycles. The van der Waals surface area contributed by atoms with E-state index >= 15 is 0 Å². The molecule has 4 amide bonds. The molecule has 0 aliphatic carbocycles. The van der Waals surface area contributed by atoms with Gasteiger partial charge in [0.2, 0.25) is 11.8 Å². The van der Waals surface area contributed by atoms with Gasteiger partial charge in [0.05, 0.1) is 50.2 Å². The molecule has 4 aliphatic rings. The molecule has 150 heavy (non-hydrogen) atoms. The van der Waals surface area contributed by atoms with Crippen LogP contribution in [0.15, 0.2) is 121 Å². The maximum atomic E-state index is 11.9. The highest BCUT2D eigenvalue weighted by molar-refractivity contribution is 5.81. The summed E-state index contributed by atoms with van der Waals surface area (Å²) in [4.78, 5) is 123. The second-order valence-corrected chi connectivity index (χ2v) is 39.3. The lowest BCUT2D eigenvalue weighted by molar-refractivity contribution is -0.255. The zero-order chi connectivity index (χ0) is 110. The van der Waals surface area contributed by atoms with Crippen LogP contribution in [0.5, 0.6) is 0 Å². The van der Waals surface area contributed by atoms with Gasteiger partial charge < -0.3 is 119 Å². The van der Waals surface area contributed by atoms with Gasteiger partial charge in [-0.05, 0) is 140 Å². The van der Waals surface area contributed by atoms with E-state index in [2.05, 4.69) is 104 Å². The SMILES string of the molecule is C.CC(=O)OCC1O[C@@H](OCCCCCCN)C(C)[C@@H](C)[C@H]1C.CC(=O)OCC1O[C@@H](OCCCCCCNC(=O)CCC(=O)OCc2ccccc2)C(C)[C@@H](C)[C@H]1C.CC(=O)OCC1O[C@@H](OCCCCCCNC(=O)CN)C(C)[C@@H](C)[C@H]1C.CC(=O)OCC1O[C@@H](OCCCCCCNC(=O)OCc2ccccc2)C(C)[C@@H](C)[C@H]1C.O=C(NCCCCCCO)OCc1ccccc1.O=C(O)CCC(=O)OCc1ccccc1. The fraction of sp³-hybridized carbons (Fsp3) is 0.696. The molecule has 20 atom stereocenters. The van der Waals surface area contributed by atoms with Crippen LogP contribution in [0, 0.1) is 71.0 Å². The van der Waals surface area contributed by atoms with E-state index in [-0.39, 0.29) is 207 Å². The number of esters is 6. The number of carboxylic acid groups (broad SMARTS) is 1. The van der Waals surface area contributed by atoms with Crippen LogP contribution in [0.25, 0.3) is 0 Å². The fourth-order valence-electron chi connectivity index (χ4n) is 16.6. The number of hydrogen-bond donors (Lipinski definition) is 8. The van der Waals surface area contributed by atoms with Crippen LogP contribution in [0.2, 0.25) is 0 Å². The van der Waals surface area contributed by atoms with Gasteiger partial charge in [0.15, 0.2) is 25.2 Å². The Morgan fingerprint density at radius 2 is 0.533 bits per heavy atom. The van der Waals surface area contributed by atoms with Crippen molar-refractivity contribution in [3.63, 3.8) is 0 Å². The summed E-state index contributed by atoms with van der Waals surface area (Å²) in [6, 6.07) is 37.9. The van der Waals surface area contributed by atoms with Gasteiger partial charge >= 0.3 is 54.0 Å². The highest BCUT2D eigenvalue weighted by Crippen LogP contribution is 2.40. The Hall–Kier alpha value is -9.79. The number of aliphatic hydroxyl groups is 1. The minimum Gasteiger partial charge on any atom is -0.481 e. The van der Waals surface area contributed by atoms with E-state index in [0.717, 1.165) is 157 Å². The highest BCUT2D eigenvalue weighted by atomic mass is 16.7. The summed E-state index contributed by atoms with van der Waals surface area (Å²) in [6.07, 6.45) is 17.4. The number of nitrogens with two attached hydrogens (primary N) is 2. The molecule has 4 aliphatic heterocycles. The number of unbranched alkanes of at least 4 members (excludes halogenated alkanes) is 15. The van der Waals surface area contributed by atoms with Gasteiger partial charge in [0.25, 0.3) is 0 Å². The predicted octanol–water partition coefficient (Wildman–Crippen LogP) is 18.3. The van der Waals surface area contributed by atoms with Crippen LogP contribution in [0.1, 0.15) is 295 Å². The zero-order valence-electron chi connectivity index (χ0n) is 92.1. The number of rotatable bonds is 60. The molecular weight excluding hydrogens is 1930 g/mol. The summed E-state index contributed by atoms with van der Waals surface area (Å²) in [6.45, 7) is 39.9. The summed E-state index contributed by atoms with van der Waals surface area (Å²) >= 11 is 0. The number of aliphatic carboxylic acids is 1. The van der Waals surface area contributed by atoms with Gasteiger partial charge in [-0.15, -0.1) is 0 Å². The van der Waals surface area contributed by atoms with Crippen LogP contribution in [-0.2, 0) is 145 Å². The molecule has 8 unspecified atom stereocenters. The monoisotopic (exact) mass is 2120 g/mol. The third kappa shape index (κ3) is 63.0. The minimum atomic E-state index is -0.994. The van der Waals surface area contributed by atoms with Gasteiger partial charge in [-0.25, -0.2) is 9.59 Å². The molecule has 35 nitrogen and oxygen atoms in total. The van der Waals surface area contributed by atoms with Crippen LogP contribution >= 0.6 is 0 Å². The first-order chi connectivity index (χ1) is 71.5. The van der Waals surface area contributed by atoms with Crippen molar-refractivity contribution in [1.82, 2.24) is 21.3 Å². The lowest BCUT2D eigenvalue weighted by atomic mass is 9.79. The Morgan fingerprint density at radius 1 is 0.287 bits per heavy atom. The number of amides is 4. The summed E-state index contributed by atoms with van der Waals surface area (Å²) in [5.74, 6) is 0.923. The molecule has 0 aromatic heterocycles. The van der Waals surface area contributed by atoms with Crippen molar-refractivity contribution in [2.75, 3.05) is 98.7 Å². The Labute approximate surface area is 894 Å². The number of alkyl carbamates (subject to hydrolysis) is 2. The van der Waals surface area contributed by atoms with Gasteiger partial charge in [-0.2, -0.15) is 0 Å². The molecular formula is C115H188N6O29. The maximum absolute atomic E-state index is 11.9. The molecule has 4 heterocycles. The van der Waals surface area contributed by atoms with Crippen molar-refractivity contribution in [2.24, 2.45) is 82.5 Å². The molecule has 8 rings (SSSR count). The number of carbonyl (C=O) groups excluding carboxylic acids is 10. The molecule has 10 N–H and O–H groups in total. The summed E-state index contributed by atoms with van der Waals surface area (Å²) in [5.41, 5.74) is 14.5. The van der Waals surface area contributed by atoms with Crippen molar-refractivity contribution in [2.45, 2.75) is 348 Å². The summed E-state index contributed by atoms with van der Waals surface area (Å²) < 4.78 is 89.1.